The molecule has 21 heavy (non-hydrogen) atoms. The summed E-state index contributed by atoms with van der Waals surface area (Å²) in [5, 5.41) is 5.17. The van der Waals surface area contributed by atoms with Crippen molar-refractivity contribution < 1.29 is 14.3 Å². The van der Waals surface area contributed by atoms with E-state index in [-0.39, 0.29) is 17.9 Å². The number of carbonyl (C=O) groups excluding carboxylic acids is 2. The van der Waals surface area contributed by atoms with Crippen LogP contribution in [0.2, 0.25) is 0 Å². The molecular weight excluding hydrogens is 290 g/mol. The minimum Gasteiger partial charge on any atom is -0.461 e. The summed E-state index contributed by atoms with van der Waals surface area (Å²) in [6.07, 6.45) is 3.61. The van der Waals surface area contributed by atoms with Crippen LogP contribution in [0.5, 0.6) is 0 Å². The van der Waals surface area contributed by atoms with Gasteiger partial charge in [-0.3, -0.25) is 4.79 Å². The van der Waals surface area contributed by atoms with Gasteiger partial charge in [0.2, 0.25) is 5.91 Å². The Morgan fingerprint density at radius 3 is 3.00 bits per heavy atom. The molecule has 116 valence electrons. The van der Waals surface area contributed by atoms with Crippen LogP contribution in [0.3, 0.4) is 0 Å². The third-order valence-electron chi connectivity index (χ3n) is 3.64. The number of nitrogens with one attached hydrogen (secondary N) is 1. The van der Waals surface area contributed by atoms with Crippen LogP contribution in [-0.2, 0) is 16.1 Å². The van der Waals surface area contributed by atoms with Gasteiger partial charge in [0.25, 0.3) is 0 Å². The van der Waals surface area contributed by atoms with Crippen LogP contribution in [0.25, 0.3) is 0 Å². The van der Waals surface area contributed by atoms with Crippen LogP contribution >= 0.6 is 11.3 Å². The summed E-state index contributed by atoms with van der Waals surface area (Å²) >= 11 is 1.34. The van der Waals surface area contributed by atoms with E-state index in [2.05, 4.69) is 10.3 Å². The second-order valence-electron chi connectivity index (χ2n) is 5.18. The number of hydrogen-bond donors (Lipinski definition) is 2. The second kappa shape index (κ2) is 7.51. The molecule has 1 aromatic rings. The molecule has 1 aliphatic carbocycles. The number of esters is 1. The summed E-state index contributed by atoms with van der Waals surface area (Å²) in [6.45, 7) is 2.41. The predicted octanol–water partition coefficient (Wildman–Crippen LogP) is 1.45. The van der Waals surface area contributed by atoms with Crippen LogP contribution in [0.15, 0.2) is 5.38 Å². The van der Waals surface area contributed by atoms with Gasteiger partial charge in [0, 0.05) is 17.8 Å². The normalized spacial score (nSPS) is 21.2. The van der Waals surface area contributed by atoms with Gasteiger partial charge in [-0.15, -0.1) is 11.3 Å². The summed E-state index contributed by atoms with van der Waals surface area (Å²) in [5.41, 5.74) is 6.25. The zero-order chi connectivity index (χ0) is 15.2. The zero-order valence-corrected chi connectivity index (χ0v) is 12.9. The first-order valence-corrected chi connectivity index (χ1v) is 8.12. The summed E-state index contributed by atoms with van der Waals surface area (Å²) in [4.78, 5) is 27.5. The molecule has 0 bridgehead atoms. The van der Waals surface area contributed by atoms with Gasteiger partial charge in [-0.25, -0.2) is 9.78 Å². The third-order valence-corrected chi connectivity index (χ3v) is 4.49. The number of thiazole rings is 1. The van der Waals surface area contributed by atoms with Crippen molar-refractivity contribution in [1.82, 2.24) is 10.3 Å². The first-order valence-electron chi connectivity index (χ1n) is 7.24. The Kier molecular flexibility index (Phi) is 5.69. The molecule has 3 N–H and O–H groups in total. The molecule has 0 unspecified atom stereocenters. The van der Waals surface area contributed by atoms with Gasteiger partial charge in [0.1, 0.15) is 5.01 Å². The van der Waals surface area contributed by atoms with E-state index in [1.54, 1.807) is 12.3 Å². The molecule has 0 radical (unpaired) electrons. The summed E-state index contributed by atoms with van der Waals surface area (Å²) < 4.78 is 4.87. The lowest BCUT2D eigenvalue weighted by molar-refractivity contribution is -0.122. The Morgan fingerprint density at radius 1 is 1.52 bits per heavy atom. The van der Waals surface area contributed by atoms with E-state index >= 15 is 0 Å². The van der Waals surface area contributed by atoms with E-state index < -0.39 is 5.97 Å². The predicted molar refractivity (Wildman–Crippen MR) is 79.9 cm³/mol. The third kappa shape index (κ3) is 4.50. The Labute approximate surface area is 128 Å². The van der Waals surface area contributed by atoms with Crippen molar-refractivity contribution in [3.05, 3.63) is 16.1 Å². The van der Waals surface area contributed by atoms with E-state index in [0.717, 1.165) is 19.3 Å². The van der Waals surface area contributed by atoms with Crippen molar-refractivity contribution in [2.75, 3.05) is 6.61 Å². The Hall–Kier alpha value is -1.47. The van der Waals surface area contributed by atoms with Crippen LogP contribution < -0.4 is 11.1 Å². The summed E-state index contributed by atoms with van der Waals surface area (Å²) in [6, 6.07) is 0.144. The molecule has 1 amide bonds. The van der Waals surface area contributed by atoms with Crippen molar-refractivity contribution >= 4 is 23.2 Å². The maximum Gasteiger partial charge on any atom is 0.357 e. The van der Waals surface area contributed by atoms with Crippen molar-refractivity contribution in [2.45, 2.75) is 45.2 Å². The first kappa shape index (κ1) is 15.9. The highest BCUT2D eigenvalue weighted by molar-refractivity contribution is 7.09. The molecule has 7 heteroatoms. The number of hydrogen-bond acceptors (Lipinski definition) is 6. The SMILES string of the molecule is CCOC(=O)c1csc(CNC(=O)C[C@@H]2CCC[C@H]2N)n1. The molecule has 0 saturated heterocycles. The molecule has 2 rings (SSSR count). The average molecular weight is 311 g/mol. The maximum atomic E-state index is 11.9. The molecule has 0 spiro atoms. The van der Waals surface area contributed by atoms with E-state index in [0.29, 0.717) is 30.3 Å². The van der Waals surface area contributed by atoms with Gasteiger partial charge < -0.3 is 15.8 Å². The van der Waals surface area contributed by atoms with Crippen LogP contribution in [-0.4, -0.2) is 29.5 Å². The highest BCUT2D eigenvalue weighted by Gasteiger charge is 2.26. The largest absolute Gasteiger partial charge is 0.461 e. The fourth-order valence-corrected chi connectivity index (χ4v) is 3.20. The van der Waals surface area contributed by atoms with Crippen molar-refractivity contribution in [3.63, 3.8) is 0 Å². The smallest absolute Gasteiger partial charge is 0.357 e. The quantitative estimate of drug-likeness (QED) is 0.776. The van der Waals surface area contributed by atoms with Crippen molar-refractivity contribution in [1.29, 1.82) is 0 Å². The van der Waals surface area contributed by atoms with Gasteiger partial charge in [0.15, 0.2) is 5.69 Å². The van der Waals surface area contributed by atoms with Gasteiger partial charge in [-0.1, -0.05) is 6.42 Å². The van der Waals surface area contributed by atoms with Gasteiger partial charge in [-0.2, -0.15) is 0 Å². The minimum absolute atomic E-state index is 0.00904. The number of carbonyl (C=O) groups is 2. The number of nitrogens with two attached hydrogens (primary N) is 1. The maximum absolute atomic E-state index is 11.9. The molecule has 1 saturated carbocycles. The molecule has 2 atom stereocenters. The fourth-order valence-electron chi connectivity index (χ4n) is 2.49. The molecule has 6 nitrogen and oxygen atoms in total. The zero-order valence-electron chi connectivity index (χ0n) is 12.1. The average Bonchev–Trinajstić information content (AvgIpc) is 3.07. The summed E-state index contributed by atoms with van der Waals surface area (Å²) in [7, 11) is 0. The molecular formula is C14H21N3O3S. The van der Waals surface area contributed by atoms with Gasteiger partial charge in [0.05, 0.1) is 13.2 Å². The van der Waals surface area contributed by atoms with Crippen LogP contribution in [0, 0.1) is 5.92 Å². The van der Waals surface area contributed by atoms with Crippen molar-refractivity contribution in [2.24, 2.45) is 11.7 Å². The monoisotopic (exact) mass is 311 g/mol. The lowest BCUT2D eigenvalue weighted by Gasteiger charge is -2.14. The lowest BCUT2D eigenvalue weighted by Crippen LogP contribution is -2.31. The minimum atomic E-state index is -0.428. The molecule has 0 aliphatic heterocycles. The standard InChI is InChI=1S/C14H21N3O3S/c1-2-20-14(19)11-8-21-13(17-11)7-16-12(18)6-9-4-3-5-10(9)15/h8-10H,2-7,15H2,1H3,(H,16,18)/t9-,10+/m0/s1. The highest BCUT2D eigenvalue weighted by Crippen LogP contribution is 2.26. The fraction of sp³-hybridized carbons (Fsp3) is 0.643. The molecule has 0 aromatic carbocycles. The topological polar surface area (TPSA) is 94.3 Å². The second-order valence-corrected chi connectivity index (χ2v) is 6.13. The highest BCUT2D eigenvalue weighted by atomic mass is 32.1. The number of rotatable bonds is 6. The molecule has 1 heterocycles. The van der Waals surface area contributed by atoms with E-state index in [1.165, 1.54) is 11.3 Å². The van der Waals surface area contributed by atoms with E-state index in [1.807, 2.05) is 0 Å². The number of nitrogens with zero attached hydrogens (tertiary/aromatic N) is 1. The van der Waals surface area contributed by atoms with Gasteiger partial charge >= 0.3 is 5.97 Å². The molecule has 1 aromatic heterocycles. The van der Waals surface area contributed by atoms with Gasteiger partial charge in [-0.05, 0) is 25.7 Å². The number of aromatic nitrogens is 1. The lowest BCUT2D eigenvalue weighted by atomic mass is 10.00. The first-order chi connectivity index (χ1) is 10.1. The van der Waals surface area contributed by atoms with Crippen LogP contribution in [0.1, 0.15) is 48.1 Å². The Morgan fingerprint density at radius 2 is 2.33 bits per heavy atom. The molecule has 1 aliphatic rings. The number of amides is 1. The van der Waals surface area contributed by atoms with E-state index in [4.69, 9.17) is 10.5 Å². The number of ether oxygens (including phenoxy) is 1. The van der Waals surface area contributed by atoms with Crippen LogP contribution in [0.4, 0.5) is 0 Å². The Bertz CT molecular complexity index is 503. The molecule has 1 fully saturated rings. The Balaban J connectivity index is 1.77. The summed E-state index contributed by atoms with van der Waals surface area (Å²) in [5.74, 6) is -0.148. The van der Waals surface area contributed by atoms with Crippen molar-refractivity contribution in [3.8, 4) is 0 Å². The van der Waals surface area contributed by atoms with E-state index in [9.17, 15) is 9.59 Å².